The van der Waals surface area contributed by atoms with Crippen LogP contribution in [0.2, 0.25) is 0 Å². The Morgan fingerprint density at radius 2 is 2.46 bits per heavy atom. The summed E-state index contributed by atoms with van der Waals surface area (Å²) in [5.74, 6) is -0.498. The fourth-order valence-electron chi connectivity index (χ4n) is 0.952. The van der Waals surface area contributed by atoms with Gasteiger partial charge in [0.15, 0.2) is 0 Å². The smallest absolute Gasteiger partial charge is 0.323 e. The van der Waals surface area contributed by atoms with E-state index >= 15 is 0 Å². The van der Waals surface area contributed by atoms with Crippen molar-refractivity contribution in [3.63, 3.8) is 0 Å². The standard InChI is InChI=1S/C7H11N3O3/c1-13-6(11)5(8)2-4-3-9-7(12)10-4/h3,5H,2,8H2,1H3,(H2,9,10,12)/t5-/m1/s1. The van der Waals surface area contributed by atoms with E-state index in [0.29, 0.717) is 5.69 Å². The molecule has 0 aromatic carbocycles. The molecule has 0 aliphatic rings. The van der Waals surface area contributed by atoms with Gasteiger partial charge < -0.3 is 20.4 Å². The average molecular weight is 185 g/mol. The summed E-state index contributed by atoms with van der Waals surface area (Å²) in [6.07, 6.45) is 1.73. The maximum absolute atomic E-state index is 10.9. The summed E-state index contributed by atoms with van der Waals surface area (Å²) in [5, 5.41) is 0. The number of nitrogens with two attached hydrogens (primary N) is 1. The maximum atomic E-state index is 10.9. The highest BCUT2D eigenvalue weighted by Crippen LogP contribution is 1.95. The first kappa shape index (κ1) is 9.53. The van der Waals surface area contributed by atoms with Gasteiger partial charge in [0.2, 0.25) is 0 Å². The number of nitrogens with one attached hydrogen (secondary N) is 2. The molecule has 0 spiro atoms. The van der Waals surface area contributed by atoms with Crippen LogP contribution in [0.3, 0.4) is 0 Å². The third kappa shape index (κ3) is 2.45. The SMILES string of the molecule is COC(=O)[C@H](N)Cc1c[nH]c(=O)[nH]1. The van der Waals surface area contributed by atoms with Gasteiger partial charge in [-0.15, -0.1) is 0 Å². The Hall–Kier alpha value is -1.56. The van der Waals surface area contributed by atoms with Crippen molar-refractivity contribution in [2.24, 2.45) is 5.73 Å². The molecule has 1 heterocycles. The number of aromatic nitrogens is 2. The number of ether oxygens (including phenoxy) is 1. The lowest BCUT2D eigenvalue weighted by Crippen LogP contribution is -2.33. The monoisotopic (exact) mass is 185 g/mol. The second-order valence-corrected chi connectivity index (χ2v) is 2.60. The second kappa shape index (κ2) is 3.90. The van der Waals surface area contributed by atoms with E-state index in [2.05, 4.69) is 14.7 Å². The Bertz CT molecular complexity index is 341. The number of rotatable bonds is 3. The largest absolute Gasteiger partial charge is 0.468 e. The number of H-pyrrole nitrogens is 2. The summed E-state index contributed by atoms with van der Waals surface area (Å²) in [6, 6.07) is -0.739. The van der Waals surface area contributed by atoms with Crippen molar-refractivity contribution in [3.8, 4) is 0 Å². The molecule has 0 aliphatic heterocycles. The average Bonchev–Trinajstić information content (AvgIpc) is 2.49. The second-order valence-electron chi connectivity index (χ2n) is 2.60. The molecule has 6 heteroatoms. The number of hydrogen-bond donors (Lipinski definition) is 3. The Morgan fingerprint density at radius 1 is 1.77 bits per heavy atom. The summed E-state index contributed by atoms with van der Waals surface area (Å²) in [4.78, 5) is 26.4. The molecule has 1 rings (SSSR count). The van der Waals surface area contributed by atoms with E-state index in [0.717, 1.165) is 0 Å². The van der Waals surface area contributed by atoms with E-state index in [9.17, 15) is 9.59 Å². The lowest BCUT2D eigenvalue weighted by Gasteiger charge is -2.06. The number of aromatic amines is 2. The Kier molecular flexibility index (Phi) is 2.86. The minimum absolute atomic E-state index is 0.255. The third-order valence-electron chi connectivity index (χ3n) is 1.60. The number of esters is 1. The van der Waals surface area contributed by atoms with Crippen LogP contribution < -0.4 is 11.4 Å². The lowest BCUT2D eigenvalue weighted by molar-refractivity contribution is -0.142. The maximum Gasteiger partial charge on any atom is 0.323 e. The molecular formula is C7H11N3O3. The lowest BCUT2D eigenvalue weighted by atomic mass is 10.2. The molecule has 13 heavy (non-hydrogen) atoms. The first-order valence-corrected chi connectivity index (χ1v) is 3.73. The Morgan fingerprint density at radius 3 is 2.92 bits per heavy atom. The Balaban J connectivity index is 2.59. The van der Waals surface area contributed by atoms with Crippen LogP contribution in [-0.2, 0) is 16.0 Å². The predicted molar refractivity (Wildman–Crippen MR) is 45.1 cm³/mol. The van der Waals surface area contributed by atoms with Gasteiger partial charge >= 0.3 is 11.7 Å². The minimum atomic E-state index is -0.739. The Labute approximate surface area is 74.1 Å². The van der Waals surface area contributed by atoms with Crippen molar-refractivity contribution in [2.75, 3.05) is 7.11 Å². The van der Waals surface area contributed by atoms with Crippen LogP contribution in [0.15, 0.2) is 11.0 Å². The highest BCUT2D eigenvalue weighted by Gasteiger charge is 2.14. The van der Waals surface area contributed by atoms with Gasteiger partial charge in [0.1, 0.15) is 6.04 Å². The van der Waals surface area contributed by atoms with Crippen molar-refractivity contribution in [3.05, 3.63) is 22.4 Å². The molecule has 0 amide bonds. The van der Waals surface area contributed by atoms with Crippen molar-refractivity contribution in [1.82, 2.24) is 9.97 Å². The fourth-order valence-corrected chi connectivity index (χ4v) is 0.952. The van der Waals surface area contributed by atoms with Gasteiger partial charge in [0.05, 0.1) is 7.11 Å². The molecule has 1 aromatic heterocycles. The fraction of sp³-hybridized carbons (Fsp3) is 0.429. The molecule has 0 unspecified atom stereocenters. The highest BCUT2D eigenvalue weighted by molar-refractivity contribution is 5.75. The molecule has 0 aliphatic carbocycles. The molecule has 0 fully saturated rings. The van der Waals surface area contributed by atoms with Gasteiger partial charge in [0, 0.05) is 18.3 Å². The summed E-state index contributed by atoms with van der Waals surface area (Å²) in [7, 11) is 1.27. The van der Waals surface area contributed by atoms with Crippen LogP contribution in [0, 0.1) is 0 Å². The van der Waals surface area contributed by atoms with E-state index in [1.54, 1.807) is 0 Å². The first-order chi connectivity index (χ1) is 6.13. The van der Waals surface area contributed by atoms with E-state index < -0.39 is 12.0 Å². The number of methoxy groups -OCH3 is 1. The zero-order valence-electron chi connectivity index (χ0n) is 7.16. The molecule has 4 N–H and O–H groups in total. The topological polar surface area (TPSA) is 101 Å². The molecule has 0 saturated carbocycles. The van der Waals surface area contributed by atoms with Crippen molar-refractivity contribution in [1.29, 1.82) is 0 Å². The zero-order chi connectivity index (χ0) is 9.84. The quantitative estimate of drug-likeness (QED) is 0.512. The zero-order valence-corrected chi connectivity index (χ0v) is 7.16. The molecule has 0 radical (unpaired) electrons. The van der Waals surface area contributed by atoms with Crippen LogP contribution in [0.25, 0.3) is 0 Å². The van der Waals surface area contributed by atoms with Crippen molar-refractivity contribution >= 4 is 5.97 Å². The van der Waals surface area contributed by atoms with Crippen LogP contribution in [0.1, 0.15) is 5.69 Å². The molecule has 6 nitrogen and oxygen atoms in total. The normalized spacial score (nSPS) is 12.5. The molecule has 0 bridgehead atoms. The molecular weight excluding hydrogens is 174 g/mol. The van der Waals surface area contributed by atoms with Gasteiger partial charge in [-0.1, -0.05) is 0 Å². The van der Waals surface area contributed by atoms with Crippen molar-refractivity contribution < 1.29 is 9.53 Å². The number of hydrogen-bond acceptors (Lipinski definition) is 4. The summed E-state index contributed by atoms with van der Waals surface area (Å²) in [6.45, 7) is 0. The van der Waals surface area contributed by atoms with Crippen LogP contribution in [0.5, 0.6) is 0 Å². The minimum Gasteiger partial charge on any atom is -0.468 e. The van der Waals surface area contributed by atoms with E-state index in [4.69, 9.17) is 5.73 Å². The van der Waals surface area contributed by atoms with Crippen molar-refractivity contribution in [2.45, 2.75) is 12.5 Å². The molecule has 1 aromatic rings. The summed E-state index contributed by atoms with van der Waals surface area (Å²) >= 11 is 0. The van der Waals surface area contributed by atoms with Crippen LogP contribution in [0.4, 0.5) is 0 Å². The van der Waals surface area contributed by atoms with Gasteiger partial charge in [-0.05, 0) is 0 Å². The predicted octanol–water partition coefficient (Wildman–Crippen LogP) is -1.25. The van der Waals surface area contributed by atoms with Crippen LogP contribution >= 0.6 is 0 Å². The van der Waals surface area contributed by atoms with E-state index in [1.807, 2.05) is 0 Å². The van der Waals surface area contributed by atoms with E-state index in [1.165, 1.54) is 13.3 Å². The number of carbonyl (C=O) groups is 1. The van der Waals surface area contributed by atoms with Gasteiger partial charge in [-0.25, -0.2) is 4.79 Å². The molecule has 0 saturated heterocycles. The first-order valence-electron chi connectivity index (χ1n) is 3.73. The van der Waals surface area contributed by atoms with Gasteiger partial charge in [-0.2, -0.15) is 0 Å². The van der Waals surface area contributed by atoms with Gasteiger partial charge in [-0.3, -0.25) is 4.79 Å². The molecule has 72 valence electrons. The summed E-state index contributed by atoms with van der Waals surface area (Å²) in [5.41, 5.74) is 5.73. The molecule has 1 atom stereocenters. The third-order valence-corrected chi connectivity index (χ3v) is 1.60. The highest BCUT2D eigenvalue weighted by atomic mass is 16.5. The summed E-state index contributed by atoms with van der Waals surface area (Å²) < 4.78 is 4.42. The van der Waals surface area contributed by atoms with Gasteiger partial charge in [0.25, 0.3) is 0 Å². The number of carbonyl (C=O) groups excluding carboxylic acids is 1. The number of imidazole rings is 1. The van der Waals surface area contributed by atoms with Crippen LogP contribution in [-0.4, -0.2) is 29.1 Å². The van der Waals surface area contributed by atoms with E-state index in [-0.39, 0.29) is 12.1 Å².